The summed E-state index contributed by atoms with van der Waals surface area (Å²) in [4.78, 5) is 14.6. The summed E-state index contributed by atoms with van der Waals surface area (Å²) in [6.07, 6.45) is 1.06. The van der Waals surface area contributed by atoms with E-state index in [-0.39, 0.29) is 5.97 Å². The van der Waals surface area contributed by atoms with E-state index < -0.39 is 0 Å². The average molecular weight is 427 g/mol. The number of carbonyl (C=O) groups excluding carboxylic acids is 1. The molecule has 0 fully saturated rings. The molecule has 1 atom stereocenters. The highest BCUT2D eigenvalue weighted by Gasteiger charge is 2.13. The van der Waals surface area contributed by atoms with Gasteiger partial charge in [0.1, 0.15) is 0 Å². The van der Waals surface area contributed by atoms with Gasteiger partial charge in [0.25, 0.3) is 0 Å². The predicted molar refractivity (Wildman–Crippen MR) is 130 cm³/mol. The zero-order valence-electron chi connectivity index (χ0n) is 19.6. The Hall–Kier alpha value is -2.57. The normalized spacial score (nSPS) is 11.9. The van der Waals surface area contributed by atoms with Gasteiger partial charge in [-0.25, -0.2) is 4.79 Å². The van der Waals surface area contributed by atoms with Crippen LogP contribution in [0.1, 0.15) is 48.7 Å². The van der Waals surface area contributed by atoms with Crippen molar-refractivity contribution in [3.8, 4) is 0 Å². The van der Waals surface area contributed by atoms with E-state index in [1.54, 1.807) is 0 Å². The molecule has 0 heterocycles. The van der Waals surface area contributed by atoms with E-state index in [1.165, 1.54) is 5.56 Å². The molecule has 0 spiro atoms. The number of hydrogen-bond acceptors (Lipinski definition) is 6. The Kier molecular flexibility index (Phi) is 10.3. The fraction of sp³-hybridized carbons (Fsp3) is 0.480. The topological polar surface area (TPSA) is 65.6 Å². The highest BCUT2D eigenvalue weighted by atomic mass is 16.5. The number of esters is 1. The third-order valence-corrected chi connectivity index (χ3v) is 5.40. The second-order valence-corrected chi connectivity index (χ2v) is 7.79. The molecule has 0 aliphatic rings. The lowest BCUT2D eigenvalue weighted by atomic mass is 10.1. The van der Waals surface area contributed by atoms with Gasteiger partial charge in [0.2, 0.25) is 0 Å². The number of hydrogen-bond donors (Lipinski definition) is 3. The maximum Gasteiger partial charge on any atom is 0.338 e. The number of nitrogens with zero attached hydrogens (tertiary/aromatic N) is 1. The smallest absolute Gasteiger partial charge is 0.338 e. The second-order valence-electron chi connectivity index (χ2n) is 7.79. The average Bonchev–Trinajstić information content (AvgIpc) is 2.77. The van der Waals surface area contributed by atoms with Crippen molar-refractivity contribution in [2.24, 2.45) is 0 Å². The van der Waals surface area contributed by atoms with Gasteiger partial charge in [0, 0.05) is 19.6 Å². The van der Waals surface area contributed by atoms with Gasteiger partial charge < -0.3 is 15.4 Å². The van der Waals surface area contributed by atoms with E-state index in [0.29, 0.717) is 24.9 Å². The highest BCUT2D eigenvalue weighted by Crippen LogP contribution is 2.27. The molecule has 2 rings (SSSR count). The van der Waals surface area contributed by atoms with Crippen LogP contribution in [0, 0.1) is 6.92 Å². The summed E-state index contributed by atoms with van der Waals surface area (Å²) >= 11 is 0. The molecule has 0 aliphatic carbocycles. The number of nitrogens with one attached hydrogen (secondary N) is 3. The van der Waals surface area contributed by atoms with Crippen LogP contribution in [0.4, 0.5) is 11.4 Å². The number of anilines is 2. The van der Waals surface area contributed by atoms with Crippen molar-refractivity contribution in [1.82, 2.24) is 10.2 Å². The SMILES string of the molecule is CCOC(=O)c1cc(C)c(NC)c(NCNC(C)CCN(CC)Cc2ccccc2)c1. The third kappa shape index (κ3) is 7.89. The Bertz CT molecular complexity index is 811. The first-order valence-corrected chi connectivity index (χ1v) is 11.2. The minimum absolute atomic E-state index is 0.296. The molecule has 0 radical (unpaired) electrons. The molecule has 2 aromatic carbocycles. The molecule has 31 heavy (non-hydrogen) atoms. The first-order chi connectivity index (χ1) is 15.0. The summed E-state index contributed by atoms with van der Waals surface area (Å²) in [6.45, 7) is 12.3. The van der Waals surface area contributed by atoms with Crippen LogP contribution in [0.3, 0.4) is 0 Å². The second kappa shape index (κ2) is 13.0. The van der Waals surface area contributed by atoms with E-state index >= 15 is 0 Å². The quantitative estimate of drug-likeness (QED) is 0.324. The molecular weight excluding hydrogens is 388 g/mol. The summed E-state index contributed by atoms with van der Waals surface area (Å²) in [6, 6.07) is 14.7. The minimum Gasteiger partial charge on any atom is -0.462 e. The van der Waals surface area contributed by atoms with Crippen molar-refractivity contribution in [2.75, 3.05) is 44.0 Å². The molecule has 170 valence electrons. The van der Waals surface area contributed by atoms with Gasteiger partial charge in [-0.1, -0.05) is 37.3 Å². The molecule has 3 N–H and O–H groups in total. The molecule has 0 saturated carbocycles. The summed E-state index contributed by atoms with van der Waals surface area (Å²) in [5.74, 6) is -0.296. The molecule has 0 saturated heterocycles. The zero-order valence-corrected chi connectivity index (χ0v) is 19.6. The van der Waals surface area contributed by atoms with Gasteiger partial charge in [-0.3, -0.25) is 10.2 Å². The van der Waals surface area contributed by atoms with Crippen LogP contribution < -0.4 is 16.0 Å². The first-order valence-electron chi connectivity index (χ1n) is 11.2. The van der Waals surface area contributed by atoms with Gasteiger partial charge in [-0.15, -0.1) is 0 Å². The number of benzene rings is 2. The Labute approximate surface area is 187 Å². The molecule has 6 nitrogen and oxygen atoms in total. The molecule has 6 heteroatoms. The van der Waals surface area contributed by atoms with Crippen molar-refractivity contribution in [1.29, 1.82) is 0 Å². The number of carbonyl (C=O) groups is 1. The first kappa shape index (κ1) is 24.7. The lowest BCUT2D eigenvalue weighted by Crippen LogP contribution is -2.35. The summed E-state index contributed by atoms with van der Waals surface area (Å²) in [5.41, 5.74) is 4.80. The molecule has 0 amide bonds. The van der Waals surface area contributed by atoms with E-state index in [9.17, 15) is 4.79 Å². The maximum absolute atomic E-state index is 12.1. The standard InChI is InChI=1S/C25H38N4O2/c1-6-29(17-21-11-9-8-10-12-21)14-13-20(4)27-18-28-23-16-22(25(30)31-7-2)15-19(3)24(23)26-5/h8-12,15-16,20,26-28H,6-7,13-14,17-18H2,1-5H3. The highest BCUT2D eigenvalue weighted by molar-refractivity contribution is 5.93. The molecule has 1 unspecified atom stereocenters. The fourth-order valence-corrected chi connectivity index (χ4v) is 3.58. The van der Waals surface area contributed by atoms with Crippen molar-refractivity contribution in [3.05, 3.63) is 59.2 Å². The van der Waals surface area contributed by atoms with Crippen LogP contribution in [-0.4, -0.2) is 50.3 Å². The Morgan fingerprint density at radius 2 is 1.90 bits per heavy atom. The van der Waals surface area contributed by atoms with Crippen molar-refractivity contribution >= 4 is 17.3 Å². The van der Waals surface area contributed by atoms with Crippen LogP contribution in [-0.2, 0) is 11.3 Å². The lowest BCUT2D eigenvalue weighted by molar-refractivity contribution is 0.0526. The van der Waals surface area contributed by atoms with Crippen molar-refractivity contribution in [3.63, 3.8) is 0 Å². The van der Waals surface area contributed by atoms with Crippen molar-refractivity contribution in [2.45, 2.75) is 46.7 Å². The van der Waals surface area contributed by atoms with Crippen LogP contribution in [0.15, 0.2) is 42.5 Å². The largest absolute Gasteiger partial charge is 0.462 e. The van der Waals surface area contributed by atoms with E-state index in [2.05, 4.69) is 65.0 Å². The molecule has 0 bridgehead atoms. The van der Waals surface area contributed by atoms with E-state index in [0.717, 1.165) is 43.0 Å². The maximum atomic E-state index is 12.1. The molecule has 0 aliphatic heterocycles. The number of aryl methyl sites for hydroxylation is 1. The van der Waals surface area contributed by atoms with Gasteiger partial charge in [0.05, 0.1) is 30.2 Å². The summed E-state index contributed by atoms with van der Waals surface area (Å²) < 4.78 is 5.15. The van der Waals surface area contributed by atoms with E-state index in [1.807, 2.05) is 33.0 Å². The summed E-state index contributed by atoms with van der Waals surface area (Å²) in [5, 5.41) is 10.2. The zero-order chi connectivity index (χ0) is 22.6. The van der Waals surface area contributed by atoms with Crippen LogP contribution >= 0.6 is 0 Å². The fourth-order valence-electron chi connectivity index (χ4n) is 3.58. The van der Waals surface area contributed by atoms with Crippen molar-refractivity contribution < 1.29 is 9.53 Å². The van der Waals surface area contributed by atoms with Gasteiger partial charge >= 0.3 is 5.97 Å². The van der Waals surface area contributed by atoms with Crippen LogP contribution in [0.5, 0.6) is 0 Å². The molecule has 0 aromatic heterocycles. The Morgan fingerprint density at radius 1 is 1.16 bits per heavy atom. The number of rotatable bonds is 13. The van der Waals surface area contributed by atoms with Gasteiger partial charge in [-0.2, -0.15) is 0 Å². The van der Waals surface area contributed by atoms with Gasteiger partial charge in [-0.05, 0) is 63.5 Å². The Balaban J connectivity index is 1.86. The minimum atomic E-state index is -0.296. The third-order valence-electron chi connectivity index (χ3n) is 5.40. The Morgan fingerprint density at radius 3 is 2.55 bits per heavy atom. The predicted octanol–water partition coefficient (Wildman–Crippen LogP) is 4.47. The van der Waals surface area contributed by atoms with Crippen LogP contribution in [0.25, 0.3) is 0 Å². The summed E-state index contributed by atoms with van der Waals surface area (Å²) in [7, 11) is 1.89. The van der Waals surface area contributed by atoms with Crippen LogP contribution in [0.2, 0.25) is 0 Å². The van der Waals surface area contributed by atoms with E-state index in [4.69, 9.17) is 4.74 Å². The van der Waals surface area contributed by atoms with Gasteiger partial charge in [0.15, 0.2) is 0 Å². The number of ether oxygens (including phenoxy) is 1. The molecular formula is C25H38N4O2. The molecule has 2 aromatic rings. The lowest BCUT2D eigenvalue weighted by Gasteiger charge is -2.23. The monoisotopic (exact) mass is 426 g/mol.